The minimum Gasteiger partial charge on any atom is -0.382 e. The van der Waals surface area contributed by atoms with E-state index in [1.165, 1.54) is 26.3 Å². The Morgan fingerprint density at radius 3 is 2.48 bits per heavy atom. The molecule has 1 aromatic heterocycles. The van der Waals surface area contributed by atoms with Crippen molar-refractivity contribution in [1.82, 2.24) is 9.71 Å². The lowest BCUT2D eigenvalue weighted by molar-refractivity contribution is 0.463. The van der Waals surface area contributed by atoms with Gasteiger partial charge in [-0.05, 0) is 50.2 Å². The van der Waals surface area contributed by atoms with Crippen LogP contribution in [0.1, 0.15) is 32.1 Å². The van der Waals surface area contributed by atoms with Crippen LogP contribution >= 0.6 is 0 Å². The van der Waals surface area contributed by atoms with Gasteiger partial charge in [0.1, 0.15) is 5.82 Å². The smallest absolute Gasteiger partial charge is 0.240 e. The molecule has 0 atom stereocenters. The second kappa shape index (κ2) is 8.27. The number of benzene rings is 1. The van der Waals surface area contributed by atoms with E-state index in [1.807, 2.05) is 43.3 Å². The van der Waals surface area contributed by atoms with Gasteiger partial charge in [-0.3, -0.25) is 0 Å². The third-order valence-corrected chi connectivity index (χ3v) is 6.42. The van der Waals surface area contributed by atoms with Crippen LogP contribution in [0.5, 0.6) is 0 Å². The fraction of sp³-hybridized carbons (Fsp3) is 0.450. The molecule has 2 N–H and O–H groups in total. The van der Waals surface area contributed by atoms with Gasteiger partial charge in [-0.2, -0.15) is 0 Å². The molecule has 27 heavy (non-hydrogen) atoms. The first-order chi connectivity index (χ1) is 12.9. The lowest BCUT2D eigenvalue weighted by atomic mass is 9.95. The summed E-state index contributed by atoms with van der Waals surface area (Å²) in [5.41, 5.74) is 2.49. The monoisotopic (exact) mass is 388 g/mol. The van der Waals surface area contributed by atoms with Crippen molar-refractivity contribution in [2.45, 2.75) is 43.0 Å². The summed E-state index contributed by atoms with van der Waals surface area (Å²) in [6.45, 7) is 0. The summed E-state index contributed by atoms with van der Waals surface area (Å²) >= 11 is 0. The maximum absolute atomic E-state index is 12.3. The second-order valence-electron chi connectivity index (χ2n) is 7.17. The molecule has 1 aliphatic rings. The summed E-state index contributed by atoms with van der Waals surface area (Å²) in [5, 5.41) is 3.62. The highest BCUT2D eigenvalue weighted by Gasteiger charge is 2.19. The van der Waals surface area contributed by atoms with Crippen molar-refractivity contribution in [2.75, 3.05) is 31.4 Å². The molecule has 1 aliphatic carbocycles. The fourth-order valence-corrected chi connectivity index (χ4v) is 4.19. The van der Waals surface area contributed by atoms with Crippen LogP contribution in [0.15, 0.2) is 41.3 Å². The van der Waals surface area contributed by atoms with Crippen LogP contribution in [0.3, 0.4) is 0 Å². The molecular weight excluding hydrogens is 360 g/mol. The summed E-state index contributed by atoms with van der Waals surface area (Å²) in [7, 11) is 1.78. The van der Waals surface area contributed by atoms with Gasteiger partial charge in [-0.25, -0.2) is 18.1 Å². The molecule has 1 fully saturated rings. The standard InChI is InChI=1S/C20H28N4O2S/c1-21-27(25,26)16-12-13-19(22-15-8-5-4-6-9-15)17(14-16)18-10-7-11-20(23-18)24(2)3/h7,10-15,21-22H,4-6,8-9H2,1-3H3. The summed E-state index contributed by atoms with van der Waals surface area (Å²) < 4.78 is 27.0. The minimum atomic E-state index is -3.52. The van der Waals surface area contributed by atoms with Crippen molar-refractivity contribution in [3.8, 4) is 11.3 Å². The molecule has 6 nitrogen and oxygen atoms in total. The number of pyridine rings is 1. The van der Waals surface area contributed by atoms with Crippen LogP contribution < -0.4 is 14.9 Å². The van der Waals surface area contributed by atoms with E-state index >= 15 is 0 Å². The van der Waals surface area contributed by atoms with E-state index < -0.39 is 10.0 Å². The zero-order valence-electron chi connectivity index (χ0n) is 16.2. The maximum atomic E-state index is 12.3. The Morgan fingerprint density at radius 1 is 1.07 bits per heavy atom. The van der Waals surface area contributed by atoms with Gasteiger partial charge in [0, 0.05) is 31.4 Å². The molecule has 1 saturated carbocycles. The molecule has 0 radical (unpaired) electrons. The third kappa shape index (κ3) is 4.59. The van der Waals surface area contributed by atoms with E-state index in [-0.39, 0.29) is 4.90 Å². The van der Waals surface area contributed by atoms with Gasteiger partial charge in [0.2, 0.25) is 10.0 Å². The van der Waals surface area contributed by atoms with Crippen molar-refractivity contribution in [3.05, 3.63) is 36.4 Å². The number of nitrogens with one attached hydrogen (secondary N) is 2. The Hall–Kier alpha value is -2.12. The van der Waals surface area contributed by atoms with Crippen LogP contribution in [-0.2, 0) is 10.0 Å². The molecule has 0 amide bonds. The lowest BCUT2D eigenvalue weighted by Crippen LogP contribution is -2.23. The molecule has 7 heteroatoms. The van der Waals surface area contributed by atoms with Crippen LogP contribution in [0.2, 0.25) is 0 Å². The van der Waals surface area contributed by atoms with Crippen molar-refractivity contribution in [2.24, 2.45) is 0 Å². The van der Waals surface area contributed by atoms with E-state index in [0.717, 1.165) is 35.6 Å². The van der Waals surface area contributed by atoms with E-state index in [4.69, 9.17) is 4.98 Å². The normalized spacial score (nSPS) is 15.5. The van der Waals surface area contributed by atoms with Crippen LogP contribution in [0.4, 0.5) is 11.5 Å². The number of nitrogens with zero attached hydrogens (tertiary/aromatic N) is 2. The summed E-state index contributed by atoms with van der Waals surface area (Å²) in [6, 6.07) is 11.4. The largest absolute Gasteiger partial charge is 0.382 e. The zero-order valence-corrected chi connectivity index (χ0v) is 17.0. The maximum Gasteiger partial charge on any atom is 0.240 e. The molecule has 0 spiro atoms. The predicted molar refractivity (Wildman–Crippen MR) is 111 cm³/mol. The van der Waals surface area contributed by atoms with Gasteiger partial charge in [-0.1, -0.05) is 25.3 Å². The number of aromatic nitrogens is 1. The highest BCUT2D eigenvalue weighted by molar-refractivity contribution is 7.89. The van der Waals surface area contributed by atoms with Gasteiger partial charge in [0.05, 0.1) is 10.6 Å². The zero-order chi connectivity index (χ0) is 19.4. The number of hydrogen-bond donors (Lipinski definition) is 2. The number of rotatable bonds is 6. The van der Waals surface area contributed by atoms with Crippen molar-refractivity contribution < 1.29 is 8.42 Å². The van der Waals surface area contributed by atoms with Gasteiger partial charge in [0.25, 0.3) is 0 Å². The molecule has 2 aromatic rings. The number of hydrogen-bond acceptors (Lipinski definition) is 5. The fourth-order valence-electron chi connectivity index (χ4n) is 3.44. The Bertz CT molecular complexity index is 891. The predicted octanol–water partition coefficient (Wildman–Crippen LogP) is 3.47. The molecule has 0 unspecified atom stereocenters. The van der Waals surface area contributed by atoms with Gasteiger partial charge in [-0.15, -0.1) is 0 Å². The minimum absolute atomic E-state index is 0.242. The molecule has 0 bridgehead atoms. The molecule has 0 aliphatic heterocycles. The number of anilines is 2. The molecule has 146 valence electrons. The Morgan fingerprint density at radius 2 is 1.81 bits per heavy atom. The topological polar surface area (TPSA) is 74.3 Å². The first-order valence-electron chi connectivity index (χ1n) is 9.39. The summed E-state index contributed by atoms with van der Waals surface area (Å²) in [5.74, 6) is 0.831. The van der Waals surface area contributed by atoms with Crippen molar-refractivity contribution in [3.63, 3.8) is 0 Å². The van der Waals surface area contributed by atoms with Crippen LogP contribution in [-0.4, -0.2) is 40.6 Å². The summed E-state index contributed by atoms with van der Waals surface area (Å²) in [4.78, 5) is 6.89. The Labute approximate surface area is 162 Å². The van der Waals surface area contributed by atoms with E-state index in [2.05, 4.69) is 10.0 Å². The quantitative estimate of drug-likeness (QED) is 0.793. The Kier molecular flexibility index (Phi) is 6.01. The number of sulfonamides is 1. The first-order valence-corrected chi connectivity index (χ1v) is 10.9. The third-order valence-electron chi connectivity index (χ3n) is 5.00. The van der Waals surface area contributed by atoms with Gasteiger partial charge < -0.3 is 10.2 Å². The van der Waals surface area contributed by atoms with Gasteiger partial charge >= 0.3 is 0 Å². The molecule has 1 aromatic carbocycles. The van der Waals surface area contributed by atoms with Crippen LogP contribution in [0.25, 0.3) is 11.3 Å². The van der Waals surface area contributed by atoms with Gasteiger partial charge in [0.15, 0.2) is 0 Å². The molecule has 3 rings (SSSR count). The van der Waals surface area contributed by atoms with E-state index in [1.54, 1.807) is 12.1 Å². The van der Waals surface area contributed by atoms with E-state index in [0.29, 0.717) is 6.04 Å². The van der Waals surface area contributed by atoms with Crippen molar-refractivity contribution >= 4 is 21.5 Å². The lowest BCUT2D eigenvalue weighted by Gasteiger charge is -2.25. The average molecular weight is 389 g/mol. The highest BCUT2D eigenvalue weighted by Crippen LogP contribution is 2.32. The van der Waals surface area contributed by atoms with Crippen LogP contribution in [0, 0.1) is 0 Å². The first kappa shape index (κ1) is 19.6. The SMILES string of the molecule is CNS(=O)(=O)c1ccc(NC2CCCCC2)c(-c2cccc(N(C)C)n2)c1. The molecule has 0 saturated heterocycles. The average Bonchev–Trinajstić information content (AvgIpc) is 2.69. The molecule has 1 heterocycles. The highest BCUT2D eigenvalue weighted by atomic mass is 32.2. The van der Waals surface area contributed by atoms with E-state index in [9.17, 15) is 8.42 Å². The summed E-state index contributed by atoms with van der Waals surface area (Å²) in [6.07, 6.45) is 6.03. The van der Waals surface area contributed by atoms with Crippen molar-refractivity contribution in [1.29, 1.82) is 0 Å². The Balaban J connectivity index is 2.06. The second-order valence-corrected chi connectivity index (χ2v) is 9.06. The molecular formula is C20H28N4O2S.